The Balaban J connectivity index is 2.79. The van der Waals surface area contributed by atoms with Gasteiger partial charge in [0.25, 0.3) is 0 Å². The van der Waals surface area contributed by atoms with Crippen LogP contribution in [0.25, 0.3) is 0 Å². The van der Waals surface area contributed by atoms with Crippen molar-refractivity contribution in [3.63, 3.8) is 0 Å². The number of carbonyl (C=O) groups is 1. The van der Waals surface area contributed by atoms with E-state index in [0.29, 0.717) is 0 Å². The minimum atomic E-state index is -0.620. The molecule has 3 N–H and O–H groups in total. The molecule has 0 heterocycles. The Kier molecular flexibility index (Phi) is 4.98. The summed E-state index contributed by atoms with van der Waals surface area (Å²) < 4.78 is 0. The standard InChI is InChI=1S/C17H28N2O/c1-7-13-8-10-14(11-9-13)12(2)19-15(20)16(3,4)17(5,6)18/h8-12H,7,18H2,1-6H3,(H,19,20). The number of rotatable bonds is 5. The van der Waals surface area contributed by atoms with Crippen LogP contribution in [0.4, 0.5) is 0 Å². The third-order valence-electron chi connectivity index (χ3n) is 4.41. The van der Waals surface area contributed by atoms with E-state index in [4.69, 9.17) is 5.73 Å². The number of nitrogens with two attached hydrogens (primary N) is 1. The van der Waals surface area contributed by atoms with E-state index >= 15 is 0 Å². The van der Waals surface area contributed by atoms with Crippen molar-refractivity contribution in [3.05, 3.63) is 35.4 Å². The van der Waals surface area contributed by atoms with Gasteiger partial charge in [0.1, 0.15) is 0 Å². The Morgan fingerprint density at radius 1 is 1.20 bits per heavy atom. The molecule has 0 spiro atoms. The molecule has 0 aliphatic heterocycles. The van der Waals surface area contributed by atoms with Crippen LogP contribution >= 0.6 is 0 Å². The lowest BCUT2D eigenvalue weighted by atomic mass is 9.74. The SMILES string of the molecule is CCc1ccc(C(C)NC(=O)C(C)(C)C(C)(C)N)cc1. The van der Waals surface area contributed by atoms with Crippen LogP contribution in [-0.4, -0.2) is 11.4 Å². The molecule has 1 rings (SSSR count). The summed E-state index contributed by atoms with van der Waals surface area (Å²) in [6, 6.07) is 8.34. The summed E-state index contributed by atoms with van der Waals surface area (Å²) in [5.74, 6) is -0.0166. The molecular formula is C17H28N2O. The fraction of sp³-hybridized carbons (Fsp3) is 0.588. The summed E-state index contributed by atoms with van der Waals surface area (Å²) in [5, 5.41) is 3.06. The van der Waals surface area contributed by atoms with Crippen LogP contribution < -0.4 is 11.1 Å². The van der Waals surface area contributed by atoms with E-state index in [9.17, 15) is 4.79 Å². The van der Waals surface area contributed by atoms with Crippen molar-refractivity contribution >= 4 is 5.91 Å². The largest absolute Gasteiger partial charge is 0.349 e. The van der Waals surface area contributed by atoms with Crippen LogP contribution in [0, 0.1) is 5.41 Å². The zero-order valence-corrected chi connectivity index (χ0v) is 13.6. The highest BCUT2D eigenvalue weighted by molar-refractivity contribution is 5.83. The lowest BCUT2D eigenvalue weighted by Crippen LogP contribution is -2.55. The van der Waals surface area contributed by atoms with Crippen molar-refractivity contribution in [1.29, 1.82) is 0 Å². The van der Waals surface area contributed by atoms with Crippen LogP contribution in [0.3, 0.4) is 0 Å². The van der Waals surface area contributed by atoms with Gasteiger partial charge >= 0.3 is 0 Å². The fourth-order valence-electron chi connectivity index (χ4n) is 1.80. The van der Waals surface area contributed by atoms with Crippen LogP contribution in [0.1, 0.15) is 58.7 Å². The van der Waals surface area contributed by atoms with Crippen LogP contribution in [-0.2, 0) is 11.2 Å². The van der Waals surface area contributed by atoms with E-state index in [1.54, 1.807) is 0 Å². The number of amides is 1. The number of hydrogen-bond acceptors (Lipinski definition) is 2. The van der Waals surface area contributed by atoms with Gasteiger partial charge in [0, 0.05) is 5.54 Å². The number of benzene rings is 1. The first kappa shape index (κ1) is 16.7. The molecule has 0 fully saturated rings. The highest BCUT2D eigenvalue weighted by Gasteiger charge is 2.40. The van der Waals surface area contributed by atoms with Crippen molar-refractivity contribution in [1.82, 2.24) is 5.32 Å². The summed E-state index contributed by atoms with van der Waals surface area (Å²) in [5.41, 5.74) is 7.33. The summed E-state index contributed by atoms with van der Waals surface area (Å²) in [6.07, 6.45) is 1.02. The molecule has 0 aliphatic rings. The Morgan fingerprint density at radius 2 is 1.70 bits per heavy atom. The van der Waals surface area contributed by atoms with Crippen molar-refractivity contribution in [2.45, 2.75) is 59.5 Å². The maximum Gasteiger partial charge on any atom is 0.227 e. The van der Waals surface area contributed by atoms with Gasteiger partial charge in [-0.05, 0) is 52.2 Å². The summed E-state index contributed by atoms with van der Waals surface area (Å²) in [7, 11) is 0. The van der Waals surface area contributed by atoms with Gasteiger partial charge in [-0.2, -0.15) is 0 Å². The second kappa shape index (κ2) is 5.96. The summed E-state index contributed by atoms with van der Waals surface area (Å²) in [6.45, 7) is 11.7. The van der Waals surface area contributed by atoms with E-state index in [0.717, 1.165) is 12.0 Å². The van der Waals surface area contributed by atoms with Gasteiger partial charge in [-0.15, -0.1) is 0 Å². The molecule has 112 valence electrons. The lowest BCUT2D eigenvalue weighted by molar-refractivity contribution is -0.132. The second-order valence-electron chi connectivity index (χ2n) is 6.64. The van der Waals surface area contributed by atoms with Gasteiger partial charge in [-0.25, -0.2) is 0 Å². The van der Waals surface area contributed by atoms with Gasteiger partial charge in [0.15, 0.2) is 0 Å². The fourth-order valence-corrected chi connectivity index (χ4v) is 1.80. The predicted octanol–water partition coefficient (Wildman–Crippen LogP) is 3.19. The zero-order valence-electron chi connectivity index (χ0n) is 13.6. The van der Waals surface area contributed by atoms with E-state index in [-0.39, 0.29) is 11.9 Å². The van der Waals surface area contributed by atoms with Crippen molar-refractivity contribution in [2.75, 3.05) is 0 Å². The maximum atomic E-state index is 12.4. The van der Waals surface area contributed by atoms with Crippen LogP contribution in [0.5, 0.6) is 0 Å². The molecule has 0 bridgehead atoms. The molecule has 0 radical (unpaired) electrons. The third kappa shape index (κ3) is 3.60. The number of hydrogen-bond donors (Lipinski definition) is 2. The molecule has 0 saturated carbocycles. The molecule has 1 aromatic carbocycles. The highest BCUT2D eigenvalue weighted by atomic mass is 16.2. The molecule has 1 amide bonds. The minimum Gasteiger partial charge on any atom is -0.349 e. The lowest BCUT2D eigenvalue weighted by Gasteiger charge is -2.37. The van der Waals surface area contributed by atoms with Gasteiger partial charge in [-0.1, -0.05) is 31.2 Å². The molecule has 20 heavy (non-hydrogen) atoms. The summed E-state index contributed by atoms with van der Waals surface area (Å²) in [4.78, 5) is 12.4. The predicted molar refractivity (Wildman–Crippen MR) is 84.4 cm³/mol. The van der Waals surface area contributed by atoms with Crippen LogP contribution in [0.2, 0.25) is 0 Å². The molecule has 3 heteroatoms. The smallest absolute Gasteiger partial charge is 0.227 e. The first-order valence-corrected chi connectivity index (χ1v) is 7.28. The molecule has 0 aromatic heterocycles. The number of nitrogens with one attached hydrogen (secondary N) is 1. The van der Waals surface area contributed by atoms with Gasteiger partial charge in [0.2, 0.25) is 5.91 Å². The van der Waals surface area contributed by atoms with Gasteiger partial charge in [0.05, 0.1) is 11.5 Å². The minimum absolute atomic E-state index is 0.0166. The first-order valence-electron chi connectivity index (χ1n) is 7.28. The highest BCUT2D eigenvalue weighted by Crippen LogP contribution is 2.29. The van der Waals surface area contributed by atoms with E-state index in [2.05, 4.69) is 36.5 Å². The third-order valence-corrected chi connectivity index (χ3v) is 4.41. The number of carbonyl (C=O) groups excluding carboxylic acids is 1. The molecule has 1 atom stereocenters. The number of aryl methyl sites for hydroxylation is 1. The molecule has 0 aliphatic carbocycles. The first-order chi connectivity index (χ1) is 9.09. The Morgan fingerprint density at radius 3 is 2.10 bits per heavy atom. The van der Waals surface area contributed by atoms with Gasteiger partial charge < -0.3 is 11.1 Å². The molecule has 1 aromatic rings. The van der Waals surface area contributed by atoms with E-state index in [1.165, 1.54) is 5.56 Å². The Labute approximate surface area is 122 Å². The zero-order chi connectivity index (χ0) is 15.6. The van der Waals surface area contributed by atoms with E-state index < -0.39 is 11.0 Å². The monoisotopic (exact) mass is 276 g/mol. The quantitative estimate of drug-likeness (QED) is 0.867. The normalized spacial score (nSPS) is 13.9. The topological polar surface area (TPSA) is 55.1 Å². The average Bonchev–Trinajstić information content (AvgIpc) is 2.37. The van der Waals surface area contributed by atoms with Crippen molar-refractivity contribution in [2.24, 2.45) is 11.1 Å². The molecule has 3 nitrogen and oxygen atoms in total. The Bertz CT molecular complexity index is 455. The van der Waals surface area contributed by atoms with E-state index in [1.807, 2.05) is 34.6 Å². The van der Waals surface area contributed by atoms with Crippen molar-refractivity contribution < 1.29 is 4.79 Å². The molecule has 0 saturated heterocycles. The van der Waals surface area contributed by atoms with Crippen LogP contribution in [0.15, 0.2) is 24.3 Å². The van der Waals surface area contributed by atoms with Gasteiger partial charge in [-0.3, -0.25) is 4.79 Å². The Hall–Kier alpha value is -1.35. The van der Waals surface area contributed by atoms with Crippen molar-refractivity contribution in [3.8, 4) is 0 Å². The summed E-state index contributed by atoms with van der Waals surface area (Å²) >= 11 is 0. The average molecular weight is 276 g/mol. The maximum absolute atomic E-state index is 12.4. The molecular weight excluding hydrogens is 248 g/mol. The second-order valence-corrected chi connectivity index (χ2v) is 6.64. The molecule has 1 unspecified atom stereocenters.